The smallest absolute Gasteiger partial charge is 0.256 e. The Kier molecular flexibility index (Phi) is 4.36. The Bertz CT molecular complexity index is 888. The van der Waals surface area contributed by atoms with Crippen LogP contribution in [0, 0.1) is 12.8 Å². The highest BCUT2D eigenvalue weighted by atomic mass is 16.1. The van der Waals surface area contributed by atoms with Crippen LogP contribution >= 0.6 is 0 Å². The molecule has 0 spiro atoms. The lowest BCUT2D eigenvalue weighted by molar-refractivity contribution is 0.163. The van der Waals surface area contributed by atoms with Gasteiger partial charge in [-0.25, -0.2) is 9.97 Å². The number of benzene rings is 1. The maximum absolute atomic E-state index is 12.1. The van der Waals surface area contributed by atoms with Gasteiger partial charge in [-0.15, -0.1) is 0 Å². The summed E-state index contributed by atoms with van der Waals surface area (Å²) in [6, 6.07) is 8.14. The van der Waals surface area contributed by atoms with Crippen LogP contribution in [0.3, 0.4) is 0 Å². The van der Waals surface area contributed by atoms with Gasteiger partial charge in [-0.2, -0.15) is 0 Å². The first kappa shape index (κ1) is 16.0. The highest BCUT2D eigenvalue weighted by Crippen LogP contribution is 2.20. The van der Waals surface area contributed by atoms with Crippen molar-refractivity contribution in [3.8, 4) is 0 Å². The van der Waals surface area contributed by atoms with Crippen molar-refractivity contribution in [2.75, 3.05) is 13.1 Å². The maximum atomic E-state index is 12.1. The van der Waals surface area contributed by atoms with Gasteiger partial charge in [-0.05, 0) is 50.9 Å². The summed E-state index contributed by atoms with van der Waals surface area (Å²) in [5, 5.41) is 0. The highest BCUT2D eigenvalue weighted by molar-refractivity contribution is 5.74. The zero-order chi connectivity index (χ0) is 17.2. The number of aromatic amines is 1. The van der Waals surface area contributed by atoms with Crippen molar-refractivity contribution in [1.82, 2.24) is 24.4 Å². The average molecular weight is 337 g/mol. The second-order valence-corrected chi connectivity index (χ2v) is 6.95. The quantitative estimate of drug-likeness (QED) is 0.793. The molecule has 1 N–H and O–H groups in total. The van der Waals surface area contributed by atoms with Crippen LogP contribution in [0.15, 0.2) is 41.6 Å². The molecule has 3 aromatic rings. The van der Waals surface area contributed by atoms with Crippen molar-refractivity contribution in [3.05, 3.63) is 58.5 Å². The Morgan fingerprint density at radius 2 is 2.04 bits per heavy atom. The van der Waals surface area contributed by atoms with Crippen LogP contribution in [0.5, 0.6) is 0 Å². The molecule has 130 valence electrons. The number of nitrogens with one attached hydrogen (secondary N) is 1. The fourth-order valence-electron chi connectivity index (χ4n) is 3.59. The standard InChI is InChI=1S/C19H23N5O/c1-14-10-20-13-24(19(14)25)11-15-6-8-23(9-7-15)12-18-21-16-4-2-3-5-17(16)22-18/h2-5,10,13,15H,6-9,11-12H2,1H3,(H,21,22). The van der Waals surface area contributed by atoms with Gasteiger partial charge in [0, 0.05) is 18.3 Å². The molecule has 1 fully saturated rings. The first-order valence-corrected chi connectivity index (χ1v) is 8.86. The van der Waals surface area contributed by atoms with Gasteiger partial charge < -0.3 is 4.98 Å². The van der Waals surface area contributed by atoms with Crippen LogP contribution in [-0.4, -0.2) is 37.5 Å². The van der Waals surface area contributed by atoms with Crippen molar-refractivity contribution in [2.24, 2.45) is 5.92 Å². The molecule has 1 saturated heterocycles. The number of fused-ring (bicyclic) bond motifs is 1. The monoisotopic (exact) mass is 337 g/mol. The number of piperidine rings is 1. The summed E-state index contributed by atoms with van der Waals surface area (Å²) in [6.45, 7) is 5.52. The summed E-state index contributed by atoms with van der Waals surface area (Å²) in [6.07, 6.45) is 5.49. The minimum atomic E-state index is 0.0831. The van der Waals surface area contributed by atoms with Crippen molar-refractivity contribution >= 4 is 11.0 Å². The summed E-state index contributed by atoms with van der Waals surface area (Å²) >= 11 is 0. The number of aryl methyl sites for hydroxylation is 1. The molecule has 0 radical (unpaired) electrons. The summed E-state index contributed by atoms with van der Waals surface area (Å²) in [4.78, 5) is 26.8. The number of likely N-dealkylation sites (tertiary alicyclic amines) is 1. The van der Waals surface area contributed by atoms with E-state index in [1.54, 1.807) is 17.1 Å². The third-order valence-electron chi connectivity index (χ3n) is 5.05. The first-order valence-electron chi connectivity index (χ1n) is 8.86. The fraction of sp³-hybridized carbons (Fsp3) is 0.421. The van der Waals surface area contributed by atoms with Crippen LogP contribution in [0.25, 0.3) is 11.0 Å². The molecule has 1 aliphatic heterocycles. The third kappa shape index (κ3) is 3.49. The van der Waals surface area contributed by atoms with Gasteiger partial charge in [0.05, 0.1) is 23.9 Å². The number of hydrogen-bond acceptors (Lipinski definition) is 4. The van der Waals surface area contributed by atoms with Gasteiger partial charge in [-0.3, -0.25) is 14.3 Å². The zero-order valence-electron chi connectivity index (χ0n) is 14.5. The lowest BCUT2D eigenvalue weighted by atomic mass is 9.96. The SMILES string of the molecule is Cc1cncn(CC2CCN(Cc3nc4ccccc4[nH]3)CC2)c1=O. The Morgan fingerprint density at radius 1 is 1.24 bits per heavy atom. The molecule has 6 nitrogen and oxygen atoms in total. The Hall–Kier alpha value is -2.47. The van der Waals surface area contributed by atoms with Crippen molar-refractivity contribution in [3.63, 3.8) is 0 Å². The number of hydrogen-bond donors (Lipinski definition) is 1. The number of rotatable bonds is 4. The Balaban J connectivity index is 1.35. The summed E-state index contributed by atoms with van der Waals surface area (Å²) < 4.78 is 1.76. The Morgan fingerprint density at radius 3 is 2.84 bits per heavy atom. The summed E-state index contributed by atoms with van der Waals surface area (Å²) in [5.74, 6) is 1.56. The maximum Gasteiger partial charge on any atom is 0.256 e. The number of para-hydroxylation sites is 2. The predicted octanol–water partition coefficient (Wildman–Crippen LogP) is 2.34. The molecule has 1 aromatic carbocycles. The van der Waals surface area contributed by atoms with Crippen molar-refractivity contribution < 1.29 is 0 Å². The van der Waals surface area contributed by atoms with Crippen LogP contribution in [0.2, 0.25) is 0 Å². The lowest BCUT2D eigenvalue weighted by Gasteiger charge is -2.31. The van der Waals surface area contributed by atoms with Gasteiger partial charge in [0.1, 0.15) is 5.82 Å². The van der Waals surface area contributed by atoms with Crippen LogP contribution in [0.1, 0.15) is 24.2 Å². The van der Waals surface area contributed by atoms with E-state index in [-0.39, 0.29) is 5.56 Å². The van der Waals surface area contributed by atoms with E-state index >= 15 is 0 Å². The van der Waals surface area contributed by atoms with Crippen molar-refractivity contribution in [2.45, 2.75) is 32.9 Å². The topological polar surface area (TPSA) is 66.8 Å². The average Bonchev–Trinajstić information content (AvgIpc) is 3.03. The minimum Gasteiger partial charge on any atom is -0.341 e. The highest BCUT2D eigenvalue weighted by Gasteiger charge is 2.21. The van der Waals surface area contributed by atoms with E-state index in [4.69, 9.17) is 0 Å². The molecular weight excluding hydrogens is 314 g/mol. The van der Waals surface area contributed by atoms with Gasteiger partial charge in [-0.1, -0.05) is 12.1 Å². The minimum absolute atomic E-state index is 0.0831. The van der Waals surface area contributed by atoms with E-state index in [1.165, 1.54) is 0 Å². The number of nitrogens with zero attached hydrogens (tertiary/aromatic N) is 4. The molecule has 0 amide bonds. The number of aromatic nitrogens is 4. The lowest BCUT2D eigenvalue weighted by Crippen LogP contribution is -2.36. The third-order valence-corrected chi connectivity index (χ3v) is 5.05. The van der Waals surface area contributed by atoms with Crippen LogP contribution < -0.4 is 5.56 Å². The molecule has 2 aromatic heterocycles. The van der Waals surface area contributed by atoms with E-state index in [9.17, 15) is 4.79 Å². The van der Waals surface area contributed by atoms with Gasteiger partial charge in [0.2, 0.25) is 0 Å². The molecule has 0 saturated carbocycles. The van der Waals surface area contributed by atoms with Gasteiger partial charge >= 0.3 is 0 Å². The van der Waals surface area contributed by atoms with E-state index in [2.05, 4.69) is 25.9 Å². The second kappa shape index (κ2) is 6.80. The molecule has 0 aliphatic carbocycles. The van der Waals surface area contributed by atoms with Gasteiger partial charge in [0.25, 0.3) is 5.56 Å². The molecule has 0 atom stereocenters. The van der Waals surface area contributed by atoms with Crippen LogP contribution in [-0.2, 0) is 13.1 Å². The first-order chi connectivity index (χ1) is 12.2. The molecule has 25 heavy (non-hydrogen) atoms. The normalized spacial score (nSPS) is 16.5. The molecule has 3 heterocycles. The Labute approximate surface area is 146 Å². The van der Waals surface area contributed by atoms with Crippen molar-refractivity contribution in [1.29, 1.82) is 0 Å². The van der Waals surface area contributed by atoms with Crippen LogP contribution in [0.4, 0.5) is 0 Å². The molecular formula is C19H23N5O. The van der Waals surface area contributed by atoms with E-state index < -0.39 is 0 Å². The fourth-order valence-corrected chi connectivity index (χ4v) is 3.59. The molecule has 0 unspecified atom stereocenters. The number of H-pyrrole nitrogens is 1. The molecule has 6 heteroatoms. The second-order valence-electron chi connectivity index (χ2n) is 6.95. The molecule has 4 rings (SSSR count). The zero-order valence-corrected chi connectivity index (χ0v) is 14.5. The van der Waals surface area contributed by atoms with E-state index in [0.717, 1.165) is 55.9 Å². The van der Waals surface area contributed by atoms with E-state index in [1.807, 2.05) is 25.1 Å². The number of imidazole rings is 1. The van der Waals surface area contributed by atoms with Gasteiger partial charge in [0.15, 0.2) is 0 Å². The van der Waals surface area contributed by atoms with E-state index in [0.29, 0.717) is 11.5 Å². The summed E-state index contributed by atoms with van der Waals surface area (Å²) in [5.41, 5.74) is 2.92. The largest absolute Gasteiger partial charge is 0.341 e. The molecule has 0 bridgehead atoms. The summed E-state index contributed by atoms with van der Waals surface area (Å²) in [7, 11) is 0. The predicted molar refractivity (Wildman–Crippen MR) is 97.3 cm³/mol. The molecule has 1 aliphatic rings.